The molecule has 1 amide bonds. The molecule has 0 spiro atoms. The average Bonchev–Trinajstić information content (AvgIpc) is 3.17. The number of hydrogen-bond donors (Lipinski definition) is 2. The number of nitrogen functional groups attached to an aromatic ring is 1. The highest BCUT2D eigenvalue weighted by Gasteiger charge is 2.25. The number of hydrogen-bond acceptors (Lipinski definition) is 8. The van der Waals surface area contributed by atoms with Gasteiger partial charge in [-0.2, -0.15) is 5.26 Å². The first-order valence-electron chi connectivity index (χ1n) is 7.91. The van der Waals surface area contributed by atoms with Crippen molar-refractivity contribution in [2.45, 2.75) is 31.5 Å². The maximum absolute atomic E-state index is 12.8. The second kappa shape index (κ2) is 7.72. The lowest BCUT2D eigenvalue weighted by Crippen LogP contribution is -2.27. The standard InChI is InChI=1S/C16H17N7OS2/c1-3-11(23-14(18)21-22-16(23)25-7-6-17)13(24)20-15-19-10-5-4-9(2)8-12(10)26-15/h4-5,8,11H,3,7H2,1-2H3,(H2,18,21)(H,19,20,24). The third-order valence-corrected chi connectivity index (χ3v) is 5.48. The van der Waals surface area contributed by atoms with Crippen LogP contribution in [0, 0.1) is 18.3 Å². The van der Waals surface area contributed by atoms with Crippen LogP contribution in [0.4, 0.5) is 11.1 Å². The van der Waals surface area contributed by atoms with Crippen LogP contribution in [0.5, 0.6) is 0 Å². The van der Waals surface area contributed by atoms with Crippen LogP contribution in [0.15, 0.2) is 23.4 Å². The van der Waals surface area contributed by atoms with E-state index in [1.165, 1.54) is 23.1 Å². The third kappa shape index (κ3) is 3.63. The molecule has 10 heteroatoms. The van der Waals surface area contributed by atoms with Crippen molar-refractivity contribution in [1.29, 1.82) is 5.26 Å². The fourth-order valence-electron chi connectivity index (χ4n) is 2.54. The molecule has 0 radical (unpaired) electrons. The van der Waals surface area contributed by atoms with E-state index in [4.69, 9.17) is 11.0 Å². The quantitative estimate of drug-likeness (QED) is 0.623. The Kier molecular flexibility index (Phi) is 5.39. The van der Waals surface area contributed by atoms with E-state index in [0.717, 1.165) is 15.8 Å². The summed E-state index contributed by atoms with van der Waals surface area (Å²) in [7, 11) is 0. The van der Waals surface area contributed by atoms with Crippen LogP contribution < -0.4 is 11.1 Å². The van der Waals surface area contributed by atoms with E-state index in [-0.39, 0.29) is 17.6 Å². The number of anilines is 2. The van der Waals surface area contributed by atoms with Crippen LogP contribution in [0.25, 0.3) is 10.2 Å². The molecule has 3 rings (SSSR count). The highest BCUT2D eigenvalue weighted by atomic mass is 32.2. The molecule has 0 fully saturated rings. The van der Waals surface area contributed by atoms with E-state index in [1.807, 2.05) is 38.1 Å². The summed E-state index contributed by atoms with van der Waals surface area (Å²) in [4.78, 5) is 17.3. The molecule has 8 nitrogen and oxygen atoms in total. The summed E-state index contributed by atoms with van der Waals surface area (Å²) < 4.78 is 2.58. The van der Waals surface area contributed by atoms with E-state index < -0.39 is 6.04 Å². The van der Waals surface area contributed by atoms with Gasteiger partial charge < -0.3 is 11.1 Å². The van der Waals surface area contributed by atoms with Crippen LogP contribution >= 0.6 is 23.1 Å². The van der Waals surface area contributed by atoms with E-state index in [0.29, 0.717) is 16.7 Å². The highest BCUT2D eigenvalue weighted by molar-refractivity contribution is 7.99. The number of thioether (sulfide) groups is 1. The molecule has 2 aromatic heterocycles. The molecule has 26 heavy (non-hydrogen) atoms. The number of carbonyl (C=O) groups is 1. The maximum atomic E-state index is 12.8. The number of rotatable bonds is 6. The fraction of sp³-hybridized carbons (Fsp3) is 0.312. The first-order chi connectivity index (χ1) is 12.5. The Hall–Kier alpha value is -2.64. The molecule has 3 N–H and O–H groups in total. The SMILES string of the molecule is CCC(C(=O)Nc1nc2ccc(C)cc2s1)n1c(N)nnc1SCC#N. The molecular weight excluding hydrogens is 370 g/mol. The van der Waals surface area contributed by atoms with Gasteiger partial charge in [-0.15, -0.1) is 10.2 Å². The average molecular weight is 387 g/mol. The van der Waals surface area contributed by atoms with Gasteiger partial charge in [0.25, 0.3) is 0 Å². The first kappa shape index (κ1) is 18.2. The van der Waals surface area contributed by atoms with Gasteiger partial charge in [-0.25, -0.2) is 4.98 Å². The summed E-state index contributed by atoms with van der Waals surface area (Å²) in [5, 5.41) is 20.4. The number of aromatic nitrogens is 4. The normalized spacial score (nSPS) is 12.0. The van der Waals surface area contributed by atoms with Crippen molar-refractivity contribution in [3.63, 3.8) is 0 Å². The van der Waals surface area contributed by atoms with Gasteiger partial charge in [-0.3, -0.25) is 9.36 Å². The Labute approximate surface area is 158 Å². The molecule has 0 bridgehead atoms. The van der Waals surface area contributed by atoms with Crippen LogP contribution in [0.3, 0.4) is 0 Å². The van der Waals surface area contributed by atoms with Gasteiger partial charge in [-0.1, -0.05) is 36.1 Å². The first-order valence-corrected chi connectivity index (χ1v) is 9.72. The van der Waals surface area contributed by atoms with E-state index in [1.54, 1.807) is 4.57 Å². The molecule has 1 aromatic carbocycles. The minimum atomic E-state index is -0.583. The number of thiazole rings is 1. The summed E-state index contributed by atoms with van der Waals surface area (Å²) in [5.74, 6) is 0.105. The molecule has 134 valence electrons. The lowest BCUT2D eigenvalue weighted by atomic mass is 10.2. The molecule has 0 saturated carbocycles. The third-order valence-electron chi connectivity index (χ3n) is 3.73. The maximum Gasteiger partial charge on any atom is 0.249 e. The summed E-state index contributed by atoms with van der Waals surface area (Å²) in [5.41, 5.74) is 7.88. The Morgan fingerprint density at radius 2 is 2.31 bits per heavy atom. The predicted molar refractivity (Wildman–Crippen MR) is 103 cm³/mol. The molecule has 1 unspecified atom stereocenters. The molecule has 1 atom stereocenters. The van der Waals surface area contributed by atoms with Gasteiger partial charge in [0.15, 0.2) is 10.3 Å². The van der Waals surface area contributed by atoms with Crippen molar-refractivity contribution >= 4 is 50.3 Å². The second-order valence-corrected chi connectivity index (χ2v) is 7.53. The number of nitriles is 1. The van der Waals surface area contributed by atoms with Gasteiger partial charge in [0, 0.05) is 0 Å². The van der Waals surface area contributed by atoms with Crippen LogP contribution in [0.1, 0.15) is 24.9 Å². The van der Waals surface area contributed by atoms with E-state index in [9.17, 15) is 4.79 Å². The predicted octanol–water partition coefficient (Wildman–Crippen LogP) is 2.98. The Bertz CT molecular complexity index is 988. The fourth-order valence-corrected chi connectivity index (χ4v) is 4.15. The largest absolute Gasteiger partial charge is 0.368 e. The number of nitrogens with two attached hydrogens (primary N) is 1. The van der Waals surface area contributed by atoms with E-state index >= 15 is 0 Å². The van der Waals surface area contributed by atoms with Crippen molar-refractivity contribution in [2.24, 2.45) is 0 Å². The number of carbonyl (C=O) groups excluding carboxylic acids is 1. The number of benzene rings is 1. The highest BCUT2D eigenvalue weighted by Crippen LogP contribution is 2.29. The molecule has 0 aliphatic carbocycles. The molecule has 0 aliphatic rings. The van der Waals surface area contributed by atoms with Gasteiger partial charge in [0.2, 0.25) is 11.9 Å². The van der Waals surface area contributed by atoms with Gasteiger partial charge in [-0.05, 0) is 31.0 Å². The lowest BCUT2D eigenvalue weighted by molar-refractivity contribution is -0.119. The minimum absolute atomic E-state index is 0.146. The summed E-state index contributed by atoms with van der Waals surface area (Å²) in [6, 6.07) is 7.40. The zero-order valence-corrected chi connectivity index (χ0v) is 15.9. The van der Waals surface area contributed by atoms with Crippen LogP contribution in [-0.2, 0) is 4.79 Å². The number of aryl methyl sites for hydroxylation is 1. The zero-order valence-electron chi connectivity index (χ0n) is 14.3. The number of nitrogens with zero attached hydrogens (tertiary/aromatic N) is 5. The number of fused-ring (bicyclic) bond motifs is 1. The van der Waals surface area contributed by atoms with Crippen LogP contribution in [-0.4, -0.2) is 31.4 Å². The topological polar surface area (TPSA) is 123 Å². The molecule has 2 heterocycles. The second-order valence-electron chi connectivity index (χ2n) is 5.56. The van der Waals surface area contributed by atoms with Crippen molar-refractivity contribution in [3.05, 3.63) is 23.8 Å². The summed E-state index contributed by atoms with van der Waals surface area (Å²) in [6.07, 6.45) is 0.498. The van der Waals surface area contributed by atoms with E-state index in [2.05, 4.69) is 20.5 Å². The smallest absolute Gasteiger partial charge is 0.249 e. The monoisotopic (exact) mass is 387 g/mol. The molecule has 0 aliphatic heterocycles. The van der Waals surface area contributed by atoms with Crippen molar-refractivity contribution < 1.29 is 4.79 Å². The lowest BCUT2D eigenvalue weighted by Gasteiger charge is -2.17. The minimum Gasteiger partial charge on any atom is -0.368 e. The molecule has 0 saturated heterocycles. The van der Waals surface area contributed by atoms with Gasteiger partial charge >= 0.3 is 0 Å². The zero-order chi connectivity index (χ0) is 18.7. The Balaban J connectivity index is 1.85. The number of amides is 1. The Morgan fingerprint density at radius 1 is 1.50 bits per heavy atom. The van der Waals surface area contributed by atoms with Crippen molar-refractivity contribution in [2.75, 3.05) is 16.8 Å². The Morgan fingerprint density at radius 3 is 3.04 bits per heavy atom. The van der Waals surface area contributed by atoms with Gasteiger partial charge in [0.05, 0.1) is 22.0 Å². The molecular formula is C16H17N7OS2. The van der Waals surface area contributed by atoms with Crippen molar-refractivity contribution in [1.82, 2.24) is 19.7 Å². The molecule has 3 aromatic rings. The number of nitrogens with one attached hydrogen (secondary N) is 1. The van der Waals surface area contributed by atoms with Crippen molar-refractivity contribution in [3.8, 4) is 6.07 Å². The summed E-state index contributed by atoms with van der Waals surface area (Å²) in [6.45, 7) is 3.89. The van der Waals surface area contributed by atoms with Crippen LogP contribution in [0.2, 0.25) is 0 Å². The summed E-state index contributed by atoms with van der Waals surface area (Å²) >= 11 is 2.62. The van der Waals surface area contributed by atoms with Gasteiger partial charge in [0.1, 0.15) is 6.04 Å².